The molecule has 0 saturated carbocycles. The van der Waals surface area contributed by atoms with Gasteiger partial charge in [0.15, 0.2) is 0 Å². The highest BCUT2D eigenvalue weighted by Crippen LogP contribution is 2.41. The predicted molar refractivity (Wildman–Crippen MR) is 207 cm³/mol. The lowest BCUT2D eigenvalue weighted by Gasteiger charge is -2.12. The zero-order valence-corrected chi connectivity index (χ0v) is 27.0. The number of hydrogen-bond acceptors (Lipinski definition) is 3. The van der Waals surface area contributed by atoms with Crippen LogP contribution in [0.2, 0.25) is 0 Å². The molecule has 0 spiro atoms. The lowest BCUT2D eigenvalue weighted by atomic mass is 10.0. The molecule has 49 heavy (non-hydrogen) atoms. The number of thiophene rings is 1. The average molecular weight is 643 g/mol. The van der Waals surface area contributed by atoms with E-state index in [1.165, 1.54) is 47.2 Å². The van der Waals surface area contributed by atoms with Gasteiger partial charge in [0, 0.05) is 58.4 Å². The summed E-state index contributed by atoms with van der Waals surface area (Å²) >= 11 is 1.84. The van der Waals surface area contributed by atoms with Crippen molar-refractivity contribution in [3.05, 3.63) is 158 Å². The monoisotopic (exact) mass is 642 g/mol. The number of rotatable bonds is 3. The van der Waals surface area contributed by atoms with Gasteiger partial charge in [-0.05, 0) is 60.7 Å². The minimum Gasteiger partial charge on any atom is -0.309 e. The summed E-state index contributed by atoms with van der Waals surface area (Å²) in [4.78, 5) is 10.7. The van der Waals surface area contributed by atoms with Crippen molar-refractivity contribution >= 4 is 86.0 Å². The van der Waals surface area contributed by atoms with E-state index in [0.29, 0.717) is 5.95 Å². The van der Waals surface area contributed by atoms with Crippen LogP contribution >= 0.6 is 11.3 Å². The minimum atomic E-state index is 0.664. The number of hydrogen-bond donors (Lipinski definition) is 0. The Morgan fingerprint density at radius 3 is 1.80 bits per heavy atom. The molecule has 0 saturated heterocycles. The summed E-state index contributed by atoms with van der Waals surface area (Å²) in [7, 11) is 0. The lowest BCUT2D eigenvalue weighted by molar-refractivity contribution is 1.01. The molecular weight excluding hydrogens is 617 g/mol. The Morgan fingerprint density at radius 1 is 0.388 bits per heavy atom. The molecule has 0 unspecified atom stereocenters. The molecule has 228 valence electrons. The molecule has 0 fully saturated rings. The minimum absolute atomic E-state index is 0.664. The number of benzene rings is 7. The molecule has 0 aliphatic carbocycles. The van der Waals surface area contributed by atoms with Crippen LogP contribution in [0.3, 0.4) is 0 Å². The second kappa shape index (κ2) is 10.1. The zero-order chi connectivity index (χ0) is 32.1. The smallest absolute Gasteiger partial charge is 0.235 e. The van der Waals surface area contributed by atoms with Gasteiger partial charge < -0.3 is 4.57 Å². The summed E-state index contributed by atoms with van der Waals surface area (Å²) in [5.41, 5.74) is 8.58. The lowest BCUT2D eigenvalue weighted by Crippen LogP contribution is -2.03. The van der Waals surface area contributed by atoms with Crippen LogP contribution in [0.4, 0.5) is 0 Å². The van der Waals surface area contributed by atoms with Crippen molar-refractivity contribution in [2.24, 2.45) is 0 Å². The fourth-order valence-electron chi connectivity index (χ4n) is 7.76. The number of aromatic nitrogens is 4. The largest absolute Gasteiger partial charge is 0.309 e. The van der Waals surface area contributed by atoms with Gasteiger partial charge in [-0.15, -0.1) is 11.3 Å². The molecule has 0 bridgehead atoms. The van der Waals surface area contributed by atoms with Crippen LogP contribution in [-0.4, -0.2) is 19.1 Å². The Hall–Kier alpha value is -6.30. The van der Waals surface area contributed by atoms with Gasteiger partial charge in [0.2, 0.25) is 5.95 Å². The number of para-hydroxylation sites is 4. The molecule has 0 radical (unpaired) electrons. The van der Waals surface area contributed by atoms with Crippen molar-refractivity contribution in [2.45, 2.75) is 0 Å². The molecule has 11 rings (SSSR count). The fraction of sp³-hybridized carbons (Fsp3) is 0. The van der Waals surface area contributed by atoms with Crippen molar-refractivity contribution in [2.75, 3.05) is 0 Å². The second-order valence-electron chi connectivity index (χ2n) is 12.6. The Labute approximate surface area is 284 Å². The maximum absolute atomic E-state index is 5.44. The average Bonchev–Trinajstić information content (AvgIpc) is 3.81. The highest BCUT2D eigenvalue weighted by atomic mass is 32.1. The first-order valence-corrected chi connectivity index (χ1v) is 17.3. The maximum Gasteiger partial charge on any atom is 0.235 e. The van der Waals surface area contributed by atoms with Crippen LogP contribution in [-0.2, 0) is 0 Å². The number of nitrogens with zero attached hydrogens (tertiary/aromatic N) is 4. The van der Waals surface area contributed by atoms with Gasteiger partial charge in [0.25, 0.3) is 0 Å². The van der Waals surface area contributed by atoms with Crippen molar-refractivity contribution < 1.29 is 0 Å². The molecule has 4 heterocycles. The quantitative estimate of drug-likeness (QED) is 0.192. The summed E-state index contributed by atoms with van der Waals surface area (Å²) in [6, 6.07) is 56.4. The van der Waals surface area contributed by atoms with Gasteiger partial charge in [-0.2, -0.15) is 0 Å². The fourth-order valence-corrected chi connectivity index (χ4v) is 8.85. The van der Waals surface area contributed by atoms with Crippen molar-refractivity contribution in [3.8, 4) is 22.9 Å². The van der Waals surface area contributed by atoms with E-state index in [9.17, 15) is 0 Å². The van der Waals surface area contributed by atoms with Gasteiger partial charge in [0.05, 0.1) is 33.3 Å². The third-order valence-electron chi connectivity index (χ3n) is 9.92. The topological polar surface area (TPSA) is 35.6 Å². The van der Waals surface area contributed by atoms with Gasteiger partial charge in [-0.25, -0.2) is 9.97 Å². The number of fused-ring (bicyclic) bond motifs is 10. The van der Waals surface area contributed by atoms with Crippen LogP contribution in [0.1, 0.15) is 0 Å². The Bertz CT molecular complexity index is 3110. The van der Waals surface area contributed by atoms with Gasteiger partial charge in [-0.1, -0.05) is 97.1 Å². The molecule has 7 aromatic carbocycles. The molecule has 0 aliphatic heterocycles. The van der Waals surface area contributed by atoms with Gasteiger partial charge in [-0.3, -0.25) is 4.57 Å². The molecule has 0 N–H and O–H groups in total. The molecule has 0 aliphatic rings. The Kier molecular flexibility index (Phi) is 5.51. The van der Waals surface area contributed by atoms with E-state index < -0.39 is 0 Å². The van der Waals surface area contributed by atoms with Crippen LogP contribution in [0.5, 0.6) is 0 Å². The standard InChI is InChI=1S/C44H26N4S/c1-2-12-28(13-3-1)47-37-19-9-5-14-29(37)33-25-34-30-15-6-10-20-38(30)48(40(34)26-39(33)47)44-45-36-18-8-4-17-32(36)43(46-44)27-22-23-42-35(24-27)31-16-7-11-21-41(31)49-42/h1-26H. The summed E-state index contributed by atoms with van der Waals surface area (Å²) in [5.74, 6) is 0.664. The van der Waals surface area contributed by atoms with Crippen molar-refractivity contribution in [1.29, 1.82) is 0 Å². The van der Waals surface area contributed by atoms with E-state index in [2.05, 4.69) is 167 Å². The van der Waals surface area contributed by atoms with E-state index in [-0.39, 0.29) is 0 Å². The first-order chi connectivity index (χ1) is 24.3. The third kappa shape index (κ3) is 3.85. The van der Waals surface area contributed by atoms with Crippen LogP contribution < -0.4 is 0 Å². The molecule has 4 nitrogen and oxygen atoms in total. The first kappa shape index (κ1) is 26.7. The molecular formula is C44H26N4S. The summed E-state index contributed by atoms with van der Waals surface area (Å²) < 4.78 is 7.21. The predicted octanol–water partition coefficient (Wildman–Crippen LogP) is 11.9. The van der Waals surface area contributed by atoms with Crippen LogP contribution in [0, 0.1) is 0 Å². The molecule has 5 heteroatoms. The van der Waals surface area contributed by atoms with E-state index in [1.54, 1.807) is 0 Å². The van der Waals surface area contributed by atoms with E-state index in [1.807, 2.05) is 11.3 Å². The Balaban J connectivity index is 1.24. The third-order valence-corrected chi connectivity index (χ3v) is 11.1. The maximum atomic E-state index is 5.44. The van der Waals surface area contributed by atoms with E-state index in [4.69, 9.17) is 9.97 Å². The normalized spacial score (nSPS) is 12.1. The van der Waals surface area contributed by atoms with Crippen LogP contribution in [0.15, 0.2) is 158 Å². The van der Waals surface area contributed by atoms with Gasteiger partial charge >= 0.3 is 0 Å². The van der Waals surface area contributed by atoms with Gasteiger partial charge in [0.1, 0.15) is 0 Å². The van der Waals surface area contributed by atoms with Crippen LogP contribution in [0.25, 0.3) is 97.6 Å². The molecule has 11 aromatic rings. The van der Waals surface area contributed by atoms with E-state index in [0.717, 1.165) is 44.4 Å². The first-order valence-electron chi connectivity index (χ1n) is 16.5. The van der Waals surface area contributed by atoms with E-state index >= 15 is 0 Å². The highest BCUT2D eigenvalue weighted by molar-refractivity contribution is 7.25. The SMILES string of the molecule is c1ccc(-n2c3ccccc3c3cc4c5ccccc5n(-c5nc(-c6ccc7sc8ccccc8c7c6)c6ccccc6n5)c4cc32)cc1. The summed E-state index contributed by atoms with van der Waals surface area (Å²) in [5, 5.41) is 8.41. The zero-order valence-electron chi connectivity index (χ0n) is 26.2. The summed E-state index contributed by atoms with van der Waals surface area (Å²) in [6.07, 6.45) is 0. The van der Waals surface area contributed by atoms with Crippen molar-refractivity contribution in [1.82, 2.24) is 19.1 Å². The summed E-state index contributed by atoms with van der Waals surface area (Å²) in [6.45, 7) is 0. The molecule has 0 atom stereocenters. The Morgan fingerprint density at radius 2 is 1.00 bits per heavy atom. The molecule has 0 amide bonds. The highest BCUT2D eigenvalue weighted by Gasteiger charge is 2.21. The van der Waals surface area contributed by atoms with Crippen molar-refractivity contribution in [3.63, 3.8) is 0 Å². The molecule has 4 aromatic heterocycles. The second-order valence-corrected chi connectivity index (χ2v) is 13.7.